The molecule has 1 unspecified atom stereocenters. The van der Waals surface area contributed by atoms with Crippen molar-refractivity contribution >= 4 is 0 Å². The van der Waals surface area contributed by atoms with Crippen LogP contribution in [-0.4, -0.2) is 24.5 Å². The van der Waals surface area contributed by atoms with Gasteiger partial charge in [0.1, 0.15) is 0 Å². The predicted molar refractivity (Wildman–Crippen MR) is 68.4 cm³/mol. The lowest BCUT2D eigenvalue weighted by molar-refractivity contribution is 0.113. The van der Waals surface area contributed by atoms with Gasteiger partial charge >= 0.3 is 0 Å². The Labute approximate surface area is 98.4 Å². The van der Waals surface area contributed by atoms with E-state index in [1.165, 1.54) is 30.4 Å². The lowest BCUT2D eigenvalue weighted by atomic mass is 9.89. The second-order valence-corrected chi connectivity index (χ2v) is 4.86. The Hall–Kier alpha value is -0.860. The van der Waals surface area contributed by atoms with Gasteiger partial charge in [-0.05, 0) is 37.9 Å². The monoisotopic (exact) mass is 218 g/mol. The zero-order valence-corrected chi connectivity index (χ0v) is 10.3. The standard InChI is InChI=1S/C14H22N2/c1-11-6-3-4-9-13(11)14(10-15)16(2)12-7-5-8-12/h3-4,6,9,12,14H,5,7-8,10,15H2,1-2H3. The van der Waals surface area contributed by atoms with Crippen molar-refractivity contribution in [3.8, 4) is 0 Å². The second kappa shape index (κ2) is 4.98. The summed E-state index contributed by atoms with van der Waals surface area (Å²) in [6, 6.07) is 9.71. The maximum atomic E-state index is 5.95. The molecule has 0 aromatic heterocycles. The molecule has 1 aliphatic carbocycles. The number of benzene rings is 1. The first-order valence-electron chi connectivity index (χ1n) is 6.21. The quantitative estimate of drug-likeness (QED) is 0.841. The summed E-state index contributed by atoms with van der Waals surface area (Å²) in [6.45, 7) is 2.88. The third-order valence-electron chi connectivity index (χ3n) is 3.91. The fourth-order valence-corrected chi connectivity index (χ4v) is 2.52. The first kappa shape index (κ1) is 11.6. The van der Waals surface area contributed by atoms with Crippen LogP contribution in [-0.2, 0) is 0 Å². The third-order valence-corrected chi connectivity index (χ3v) is 3.91. The van der Waals surface area contributed by atoms with Crippen molar-refractivity contribution in [2.24, 2.45) is 5.73 Å². The van der Waals surface area contributed by atoms with E-state index in [0.717, 1.165) is 6.04 Å². The van der Waals surface area contributed by atoms with Gasteiger partial charge in [0.25, 0.3) is 0 Å². The Morgan fingerprint density at radius 2 is 2.06 bits per heavy atom. The molecule has 2 heteroatoms. The Morgan fingerprint density at radius 1 is 1.38 bits per heavy atom. The second-order valence-electron chi connectivity index (χ2n) is 4.86. The molecule has 2 N–H and O–H groups in total. The zero-order valence-electron chi connectivity index (χ0n) is 10.3. The van der Waals surface area contributed by atoms with Crippen LogP contribution in [0.1, 0.15) is 36.4 Å². The van der Waals surface area contributed by atoms with E-state index in [9.17, 15) is 0 Å². The van der Waals surface area contributed by atoms with Gasteiger partial charge in [-0.25, -0.2) is 0 Å². The molecular weight excluding hydrogens is 196 g/mol. The smallest absolute Gasteiger partial charge is 0.0472 e. The highest BCUT2D eigenvalue weighted by molar-refractivity contribution is 5.29. The fourth-order valence-electron chi connectivity index (χ4n) is 2.52. The molecule has 1 aliphatic rings. The van der Waals surface area contributed by atoms with E-state index in [4.69, 9.17) is 5.73 Å². The van der Waals surface area contributed by atoms with Gasteiger partial charge in [-0.1, -0.05) is 30.7 Å². The summed E-state index contributed by atoms with van der Waals surface area (Å²) in [7, 11) is 2.22. The minimum absolute atomic E-state index is 0.381. The molecule has 88 valence electrons. The fraction of sp³-hybridized carbons (Fsp3) is 0.571. The van der Waals surface area contributed by atoms with E-state index in [2.05, 4.69) is 43.1 Å². The number of rotatable bonds is 4. The Balaban J connectivity index is 2.18. The van der Waals surface area contributed by atoms with Crippen molar-refractivity contribution in [1.82, 2.24) is 4.90 Å². The van der Waals surface area contributed by atoms with Gasteiger partial charge in [0.05, 0.1) is 0 Å². The van der Waals surface area contributed by atoms with Crippen LogP contribution in [0.5, 0.6) is 0 Å². The average molecular weight is 218 g/mol. The van der Waals surface area contributed by atoms with Gasteiger partial charge in [0, 0.05) is 18.6 Å². The molecular formula is C14H22N2. The highest BCUT2D eigenvalue weighted by Crippen LogP contribution is 2.31. The molecule has 0 amide bonds. The van der Waals surface area contributed by atoms with Crippen molar-refractivity contribution in [1.29, 1.82) is 0 Å². The van der Waals surface area contributed by atoms with E-state index in [-0.39, 0.29) is 0 Å². The van der Waals surface area contributed by atoms with Gasteiger partial charge in [0.15, 0.2) is 0 Å². The van der Waals surface area contributed by atoms with Gasteiger partial charge in [-0.2, -0.15) is 0 Å². The van der Waals surface area contributed by atoms with Gasteiger partial charge in [-0.3, -0.25) is 4.90 Å². The molecule has 1 aromatic carbocycles. The number of hydrogen-bond acceptors (Lipinski definition) is 2. The van der Waals surface area contributed by atoms with Crippen molar-refractivity contribution in [3.05, 3.63) is 35.4 Å². The first-order chi connectivity index (χ1) is 7.74. The summed E-state index contributed by atoms with van der Waals surface area (Å²) in [6.07, 6.45) is 4.04. The van der Waals surface area contributed by atoms with Crippen LogP contribution in [0.25, 0.3) is 0 Å². The molecule has 0 aliphatic heterocycles. The Kier molecular flexibility index (Phi) is 3.62. The molecule has 0 spiro atoms. The van der Waals surface area contributed by atoms with Gasteiger partial charge < -0.3 is 5.73 Å². The average Bonchev–Trinajstić information content (AvgIpc) is 2.19. The molecule has 1 atom stereocenters. The van der Waals surface area contributed by atoms with Crippen LogP contribution in [0, 0.1) is 6.92 Å². The number of nitrogens with zero attached hydrogens (tertiary/aromatic N) is 1. The molecule has 16 heavy (non-hydrogen) atoms. The first-order valence-corrected chi connectivity index (χ1v) is 6.21. The third kappa shape index (κ3) is 2.13. The van der Waals surface area contributed by atoms with Gasteiger partial charge in [0.2, 0.25) is 0 Å². The van der Waals surface area contributed by atoms with Crippen molar-refractivity contribution in [2.45, 2.75) is 38.3 Å². The molecule has 1 saturated carbocycles. The van der Waals surface area contributed by atoms with Crippen LogP contribution >= 0.6 is 0 Å². The summed E-state index contributed by atoms with van der Waals surface area (Å²) in [5.74, 6) is 0. The summed E-state index contributed by atoms with van der Waals surface area (Å²) in [5.41, 5.74) is 8.69. The number of likely N-dealkylation sites (N-methyl/N-ethyl adjacent to an activating group) is 1. The largest absolute Gasteiger partial charge is 0.329 e. The lowest BCUT2D eigenvalue weighted by Gasteiger charge is -2.40. The Morgan fingerprint density at radius 3 is 2.56 bits per heavy atom. The summed E-state index contributed by atoms with van der Waals surface area (Å²) < 4.78 is 0. The van der Waals surface area contributed by atoms with E-state index < -0.39 is 0 Å². The molecule has 0 bridgehead atoms. The molecule has 1 aromatic rings. The molecule has 0 heterocycles. The summed E-state index contributed by atoms with van der Waals surface area (Å²) >= 11 is 0. The maximum absolute atomic E-state index is 5.95. The van der Waals surface area contributed by atoms with Crippen molar-refractivity contribution in [3.63, 3.8) is 0 Å². The van der Waals surface area contributed by atoms with Crippen molar-refractivity contribution in [2.75, 3.05) is 13.6 Å². The zero-order chi connectivity index (χ0) is 11.5. The highest BCUT2D eigenvalue weighted by atomic mass is 15.2. The highest BCUT2D eigenvalue weighted by Gasteiger charge is 2.28. The lowest BCUT2D eigenvalue weighted by Crippen LogP contribution is -2.42. The Bertz CT molecular complexity index is 344. The van der Waals surface area contributed by atoms with Crippen LogP contribution in [0.4, 0.5) is 0 Å². The van der Waals surface area contributed by atoms with E-state index in [0.29, 0.717) is 12.6 Å². The number of nitrogens with two attached hydrogens (primary N) is 1. The van der Waals surface area contributed by atoms with Gasteiger partial charge in [-0.15, -0.1) is 0 Å². The normalized spacial score (nSPS) is 18.5. The number of hydrogen-bond donors (Lipinski definition) is 1. The molecule has 2 nitrogen and oxygen atoms in total. The van der Waals surface area contributed by atoms with Crippen LogP contribution in [0.3, 0.4) is 0 Å². The summed E-state index contributed by atoms with van der Waals surface area (Å²) in [4.78, 5) is 2.46. The van der Waals surface area contributed by atoms with Crippen LogP contribution < -0.4 is 5.73 Å². The van der Waals surface area contributed by atoms with Crippen molar-refractivity contribution < 1.29 is 0 Å². The summed E-state index contributed by atoms with van der Waals surface area (Å²) in [5, 5.41) is 0. The van der Waals surface area contributed by atoms with Crippen LogP contribution in [0.15, 0.2) is 24.3 Å². The van der Waals surface area contributed by atoms with Crippen LogP contribution in [0.2, 0.25) is 0 Å². The van der Waals surface area contributed by atoms with E-state index in [1.807, 2.05) is 0 Å². The minimum Gasteiger partial charge on any atom is -0.329 e. The van der Waals surface area contributed by atoms with E-state index in [1.54, 1.807) is 0 Å². The SMILES string of the molecule is Cc1ccccc1C(CN)N(C)C1CCC1. The molecule has 0 radical (unpaired) electrons. The molecule has 1 fully saturated rings. The maximum Gasteiger partial charge on any atom is 0.0472 e. The minimum atomic E-state index is 0.381. The predicted octanol–water partition coefficient (Wildman–Crippen LogP) is 2.48. The number of aryl methyl sites for hydroxylation is 1. The topological polar surface area (TPSA) is 29.3 Å². The molecule has 0 saturated heterocycles. The van der Waals surface area contributed by atoms with E-state index >= 15 is 0 Å². The molecule has 2 rings (SSSR count).